The number of hydrogen-bond acceptors (Lipinski definition) is 2. The lowest BCUT2D eigenvalue weighted by Crippen LogP contribution is -2.37. The van der Waals surface area contributed by atoms with E-state index in [1.165, 1.54) is 0 Å². The van der Waals surface area contributed by atoms with Crippen molar-refractivity contribution in [2.45, 2.75) is 13.8 Å². The Labute approximate surface area is 111 Å². The van der Waals surface area contributed by atoms with Gasteiger partial charge in [0.25, 0.3) is 0 Å². The Hall–Kier alpha value is -1.30. The minimum absolute atomic E-state index is 0.276. The number of nitrogens with one attached hydrogen (secondary N) is 1. The van der Waals surface area contributed by atoms with Crippen LogP contribution in [-0.2, 0) is 0 Å². The van der Waals surface area contributed by atoms with E-state index in [-0.39, 0.29) is 5.41 Å². The summed E-state index contributed by atoms with van der Waals surface area (Å²) < 4.78 is 0. The second-order valence-electron chi connectivity index (χ2n) is 5.67. The number of benzene rings is 1. The average Bonchev–Trinajstić information content (AvgIpc) is 2.28. The first-order valence-corrected chi connectivity index (χ1v) is 6.39. The van der Waals surface area contributed by atoms with E-state index in [0.717, 1.165) is 25.2 Å². The maximum absolute atomic E-state index is 3.40. The zero-order valence-corrected chi connectivity index (χ0v) is 12.0. The van der Waals surface area contributed by atoms with Crippen molar-refractivity contribution in [3.63, 3.8) is 0 Å². The van der Waals surface area contributed by atoms with Crippen molar-refractivity contribution in [1.29, 1.82) is 0 Å². The van der Waals surface area contributed by atoms with E-state index in [1.807, 2.05) is 30.3 Å². The molecule has 18 heavy (non-hydrogen) atoms. The summed E-state index contributed by atoms with van der Waals surface area (Å²) >= 11 is 0. The normalized spacial score (nSPS) is 11.2. The summed E-state index contributed by atoms with van der Waals surface area (Å²) in [5.74, 6) is 6.30. The van der Waals surface area contributed by atoms with Gasteiger partial charge < -0.3 is 10.2 Å². The van der Waals surface area contributed by atoms with E-state index >= 15 is 0 Å². The molecular formula is C16H24N2. The Kier molecular flexibility index (Phi) is 5.91. The topological polar surface area (TPSA) is 15.3 Å². The van der Waals surface area contributed by atoms with E-state index in [1.54, 1.807) is 0 Å². The molecule has 1 rings (SSSR count). The van der Waals surface area contributed by atoms with Crippen molar-refractivity contribution in [1.82, 2.24) is 10.2 Å². The third kappa shape index (κ3) is 6.44. The first-order valence-electron chi connectivity index (χ1n) is 6.39. The Balaban J connectivity index is 2.29. The molecule has 0 radical (unpaired) electrons. The van der Waals surface area contributed by atoms with Gasteiger partial charge >= 0.3 is 0 Å². The van der Waals surface area contributed by atoms with Crippen LogP contribution in [0.1, 0.15) is 19.4 Å². The summed E-state index contributed by atoms with van der Waals surface area (Å²) in [4.78, 5) is 2.22. The minimum atomic E-state index is 0.276. The zero-order chi connectivity index (χ0) is 13.4. The Morgan fingerprint density at radius 2 is 1.83 bits per heavy atom. The van der Waals surface area contributed by atoms with Gasteiger partial charge in [-0.05, 0) is 31.6 Å². The highest BCUT2D eigenvalue weighted by Crippen LogP contribution is 2.13. The van der Waals surface area contributed by atoms with Crippen molar-refractivity contribution < 1.29 is 0 Å². The molecule has 0 amide bonds. The van der Waals surface area contributed by atoms with Gasteiger partial charge in [-0.2, -0.15) is 0 Å². The van der Waals surface area contributed by atoms with Crippen LogP contribution >= 0.6 is 0 Å². The highest BCUT2D eigenvalue weighted by atomic mass is 15.1. The fourth-order valence-corrected chi connectivity index (χ4v) is 2.04. The molecule has 0 fully saturated rings. The first-order chi connectivity index (χ1) is 8.49. The maximum atomic E-state index is 3.40. The first kappa shape index (κ1) is 14.8. The molecule has 0 aliphatic carbocycles. The van der Waals surface area contributed by atoms with Crippen molar-refractivity contribution >= 4 is 0 Å². The molecule has 1 N–H and O–H groups in total. The molecule has 0 heterocycles. The van der Waals surface area contributed by atoms with Crippen LogP contribution in [0.25, 0.3) is 0 Å². The summed E-state index contributed by atoms with van der Waals surface area (Å²) in [6, 6.07) is 10.1. The average molecular weight is 244 g/mol. The summed E-state index contributed by atoms with van der Waals surface area (Å²) in [6.45, 7) is 7.34. The number of rotatable bonds is 5. The van der Waals surface area contributed by atoms with Crippen molar-refractivity contribution in [3.8, 4) is 11.8 Å². The molecule has 0 saturated carbocycles. The summed E-state index contributed by atoms with van der Waals surface area (Å²) in [5.41, 5.74) is 1.35. The van der Waals surface area contributed by atoms with E-state index in [9.17, 15) is 0 Å². The quantitative estimate of drug-likeness (QED) is 0.631. The van der Waals surface area contributed by atoms with Crippen molar-refractivity contribution in [2.24, 2.45) is 5.41 Å². The van der Waals surface area contributed by atoms with Crippen LogP contribution < -0.4 is 5.32 Å². The molecule has 0 spiro atoms. The van der Waals surface area contributed by atoms with E-state index in [4.69, 9.17) is 0 Å². The van der Waals surface area contributed by atoms with Gasteiger partial charge in [0, 0.05) is 18.7 Å². The number of hydrogen-bond donors (Lipinski definition) is 1. The van der Waals surface area contributed by atoms with E-state index in [2.05, 4.69) is 50.0 Å². The molecule has 2 heteroatoms. The molecule has 0 aliphatic rings. The highest BCUT2D eigenvalue weighted by molar-refractivity contribution is 5.33. The highest BCUT2D eigenvalue weighted by Gasteiger charge is 2.17. The van der Waals surface area contributed by atoms with Gasteiger partial charge in [0.1, 0.15) is 0 Å². The molecule has 0 atom stereocenters. The van der Waals surface area contributed by atoms with Gasteiger partial charge in [0.15, 0.2) is 0 Å². The fraction of sp³-hybridized carbons (Fsp3) is 0.500. The molecule has 2 nitrogen and oxygen atoms in total. The lowest BCUT2D eigenvalue weighted by molar-refractivity contribution is 0.235. The van der Waals surface area contributed by atoms with Crippen LogP contribution in [0.3, 0.4) is 0 Å². The summed E-state index contributed by atoms with van der Waals surface area (Å²) in [7, 11) is 4.22. The Bertz CT molecular complexity index is 396. The monoisotopic (exact) mass is 244 g/mol. The SMILES string of the molecule is CN(C)CC(C)(C)CNCC#Cc1ccccc1. The standard InChI is InChI=1S/C16H24N2/c1-16(2,14-18(3)4)13-17-12-8-11-15-9-6-5-7-10-15/h5-7,9-10,17H,12-14H2,1-4H3. The molecule has 98 valence electrons. The third-order valence-corrected chi connectivity index (χ3v) is 2.57. The van der Waals surface area contributed by atoms with Crippen LogP contribution in [-0.4, -0.2) is 38.6 Å². The molecule has 1 aromatic carbocycles. The summed E-state index contributed by atoms with van der Waals surface area (Å²) in [5, 5.41) is 3.40. The van der Waals surface area contributed by atoms with Gasteiger partial charge in [0.05, 0.1) is 6.54 Å². The molecule has 0 aliphatic heterocycles. The second-order valence-corrected chi connectivity index (χ2v) is 5.67. The van der Waals surface area contributed by atoms with Gasteiger partial charge in [-0.1, -0.05) is 43.9 Å². The van der Waals surface area contributed by atoms with Crippen molar-refractivity contribution in [3.05, 3.63) is 35.9 Å². The van der Waals surface area contributed by atoms with Crippen LogP contribution in [0.15, 0.2) is 30.3 Å². The van der Waals surface area contributed by atoms with Gasteiger partial charge in [-0.3, -0.25) is 0 Å². The van der Waals surface area contributed by atoms with Gasteiger partial charge in [0.2, 0.25) is 0 Å². The number of nitrogens with zero attached hydrogens (tertiary/aromatic N) is 1. The Morgan fingerprint density at radius 3 is 2.44 bits per heavy atom. The molecule has 0 saturated heterocycles. The van der Waals surface area contributed by atoms with E-state index < -0.39 is 0 Å². The van der Waals surface area contributed by atoms with E-state index in [0.29, 0.717) is 0 Å². The van der Waals surface area contributed by atoms with Gasteiger partial charge in [-0.15, -0.1) is 0 Å². The largest absolute Gasteiger partial charge is 0.309 e. The predicted octanol–water partition coefficient (Wildman–Crippen LogP) is 2.22. The lowest BCUT2D eigenvalue weighted by atomic mass is 9.93. The molecule has 0 bridgehead atoms. The summed E-state index contributed by atoms with van der Waals surface area (Å²) in [6.07, 6.45) is 0. The zero-order valence-electron chi connectivity index (χ0n) is 12.0. The maximum Gasteiger partial charge on any atom is 0.0580 e. The lowest BCUT2D eigenvalue weighted by Gasteiger charge is -2.28. The molecule has 0 unspecified atom stereocenters. The smallest absolute Gasteiger partial charge is 0.0580 e. The van der Waals surface area contributed by atoms with Crippen LogP contribution in [0, 0.1) is 17.3 Å². The van der Waals surface area contributed by atoms with Crippen molar-refractivity contribution in [2.75, 3.05) is 33.7 Å². The molecular weight excluding hydrogens is 220 g/mol. The molecule has 1 aromatic rings. The second kappa shape index (κ2) is 7.20. The van der Waals surface area contributed by atoms with Crippen LogP contribution in [0.5, 0.6) is 0 Å². The third-order valence-electron chi connectivity index (χ3n) is 2.57. The fourth-order valence-electron chi connectivity index (χ4n) is 2.04. The van der Waals surface area contributed by atoms with Crippen LogP contribution in [0.2, 0.25) is 0 Å². The Morgan fingerprint density at radius 1 is 1.17 bits per heavy atom. The van der Waals surface area contributed by atoms with Gasteiger partial charge in [-0.25, -0.2) is 0 Å². The predicted molar refractivity (Wildman–Crippen MR) is 78.5 cm³/mol. The molecule has 0 aromatic heterocycles. The minimum Gasteiger partial charge on any atom is -0.309 e. The van der Waals surface area contributed by atoms with Crippen LogP contribution in [0.4, 0.5) is 0 Å².